The molecule has 0 unspecified atom stereocenters. The Bertz CT molecular complexity index is 674. The molecule has 25 heavy (non-hydrogen) atoms. The zero-order valence-electron chi connectivity index (χ0n) is 15.5. The van der Waals surface area contributed by atoms with Crippen LogP contribution in [0.3, 0.4) is 0 Å². The van der Waals surface area contributed by atoms with Crippen LogP contribution in [0.15, 0.2) is 30.4 Å². The Kier molecular flexibility index (Phi) is 5.72. The SMILES string of the molecule is CN(C)C(=O)C=CCOc1ccc2c(c1)CN(C(=O)OC(C)(C)C)C2. The number of likely N-dealkylation sites (N-methyl/N-ethyl adjacent to an activating group) is 1. The first-order valence-corrected chi connectivity index (χ1v) is 8.26. The molecule has 6 heteroatoms. The quantitative estimate of drug-likeness (QED) is 0.787. The van der Waals surface area contributed by atoms with E-state index in [0.717, 1.165) is 11.1 Å². The van der Waals surface area contributed by atoms with Gasteiger partial charge in [-0.2, -0.15) is 0 Å². The highest BCUT2D eigenvalue weighted by molar-refractivity contribution is 5.87. The molecule has 2 rings (SSSR count). The second-order valence-corrected chi connectivity index (χ2v) is 7.21. The van der Waals surface area contributed by atoms with Gasteiger partial charge in [0.15, 0.2) is 0 Å². The lowest BCUT2D eigenvalue weighted by atomic mass is 10.1. The van der Waals surface area contributed by atoms with Crippen LogP contribution >= 0.6 is 0 Å². The van der Waals surface area contributed by atoms with Crippen molar-refractivity contribution in [3.63, 3.8) is 0 Å². The molecule has 136 valence electrons. The van der Waals surface area contributed by atoms with Gasteiger partial charge in [-0.25, -0.2) is 4.79 Å². The maximum absolute atomic E-state index is 12.2. The number of hydrogen-bond acceptors (Lipinski definition) is 4. The van der Waals surface area contributed by atoms with Gasteiger partial charge in [0.05, 0.1) is 0 Å². The number of rotatable bonds is 4. The van der Waals surface area contributed by atoms with Gasteiger partial charge in [-0.1, -0.05) is 6.07 Å². The summed E-state index contributed by atoms with van der Waals surface area (Å²) in [6.45, 7) is 6.93. The summed E-state index contributed by atoms with van der Waals surface area (Å²) in [6, 6.07) is 5.77. The van der Waals surface area contributed by atoms with Gasteiger partial charge in [-0.3, -0.25) is 9.69 Å². The Hall–Kier alpha value is -2.50. The molecule has 2 amide bonds. The fraction of sp³-hybridized carbons (Fsp3) is 0.474. The van der Waals surface area contributed by atoms with Gasteiger partial charge in [0.2, 0.25) is 5.91 Å². The molecule has 0 saturated heterocycles. The highest BCUT2D eigenvalue weighted by Gasteiger charge is 2.27. The second kappa shape index (κ2) is 7.59. The molecule has 0 fully saturated rings. The highest BCUT2D eigenvalue weighted by Crippen LogP contribution is 2.28. The van der Waals surface area contributed by atoms with Crippen molar-refractivity contribution in [1.82, 2.24) is 9.80 Å². The first-order chi connectivity index (χ1) is 11.7. The van der Waals surface area contributed by atoms with E-state index in [0.29, 0.717) is 25.4 Å². The average molecular weight is 346 g/mol. The Morgan fingerprint density at radius 3 is 2.52 bits per heavy atom. The number of ether oxygens (including phenoxy) is 2. The van der Waals surface area contributed by atoms with Crippen molar-refractivity contribution in [2.45, 2.75) is 39.5 Å². The number of nitrogens with zero attached hydrogens (tertiary/aromatic N) is 2. The molecule has 0 aromatic heterocycles. The van der Waals surface area contributed by atoms with Crippen LogP contribution in [-0.2, 0) is 22.6 Å². The molecule has 1 aromatic carbocycles. The van der Waals surface area contributed by atoms with E-state index in [-0.39, 0.29) is 12.0 Å². The topological polar surface area (TPSA) is 59.1 Å². The molecule has 0 radical (unpaired) electrons. The zero-order valence-corrected chi connectivity index (χ0v) is 15.5. The van der Waals surface area contributed by atoms with E-state index in [1.807, 2.05) is 39.0 Å². The summed E-state index contributed by atoms with van der Waals surface area (Å²) in [7, 11) is 3.40. The Labute approximate surface area is 149 Å². The normalized spacial score (nSPS) is 13.7. The van der Waals surface area contributed by atoms with Crippen molar-refractivity contribution < 1.29 is 19.1 Å². The van der Waals surface area contributed by atoms with Crippen LogP contribution < -0.4 is 4.74 Å². The standard InChI is InChI=1S/C19H26N2O4/c1-19(2,3)25-18(23)21-12-14-8-9-16(11-15(14)13-21)24-10-6-7-17(22)20(4)5/h6-9,11H,10,12-13H2,1-5H3. The maximum Gasteiger partial charge on any atom is 0.410 e. The van der Waals surface area contributed by atoms with E-state index >= 15 is 0 Å². The molecular formula is C19H26N2O4. The average Bonchev–Trinajstić information content (AvgIpc) is 2.93. The van der Waals surface area contributed by atoms with Crippen LogP contribution in [0.1, 0.15) is 31.9 Å². The minimum absolute atomic E-state index is 0.0782. The van der Waals surface area contributed by atoms with Gasteiger partial charge in [-0.15, -0.1) is 0 Å². The number of fused-ring (bicyclic) bond motifs is 1. The number of carbonyl (C=O) groups is 2. The lowest BCUT2D eigenvalue weighted by Gasteiger charge is -2.24. The Balaban J connectivity index is 1.91. The molecule has 0 bridgehead atoms. The van der Waals surface area contributed by atoms with E-state index in [1.165, 1.54) is 11.0 Å². The third kappa shape index (κ3) is 5.52. The Morgan fingerprint density at radius 2 is 1.88 bits per heavy atom. The minimum atomic E-state index is -0.504. The molecule has 1 aliphatic rings. The smallest absolute Gasteiger partial charge is 0.410 e. The molecule has 1 heterocycles. The molecule has 0 N–H and O–H groups in total. The molecule has 0 atom stereocenters. The van der Waals surface area contributed by atoms with E-state index in [2.05, 4.69) is 0 Å². The number of hydrogen-bond donors (Lipinski definition) is 0. The maximum atomic E-state index is 12.2. The summed E-state index contributed by atoms with van der Waals surface area (Å²) >= 11 is 0. The molecule has 1 aromatic rings. The lowest BCUT2D eigenvalue weighted by Crippen LogP contribution is -2.33. The van der Waals surface area contributed by atoms with E-state index in [9.17, 15) is 9.59 Å². The third-order valence-electron chi connectivity index (χ3n) is 3.60. The van der Waals surface area contributed by atoms with Gasteiger partial charge < -0.3 is 14.4 Å². The van der Waals surface area contributed by atoms with Crippen molar-refractivity contribution in [3.8, 4) is 5.75 Å². The van der Waals surface area contributed by atoms with Crippen molar-refractivity contribution in [2.75, 3.05) is 20.7 Å². The van der Waals surface area contributed by atoms with Gasteiger partial charge >= 0.3 is 6.09 Å². The number of benzene rings is 1. The van der Waals surface area contributed by atoms with Crippen LogP contribution in [0.25, 0.3) is 0 Å². The van der Waals surface area contributed by atoms with Crippen molar-refractivity contribution in [3.05, 3.63) is 41.5 Å². The largest absolute Gasteiger partial charge is 0.490 e. The molecule has 6 nitrogen and oxygen atoms in total. The fourth-order valence-electron chi connectivity index (χ4n) is 2.36. The summed E-state index contributed by atoms with van der Waals surface area (Å²) in [6.07, 6.45) is 2.86. The van der Waals surface area contributed by atoms with E-state index in [1.54, 1.807) is 25.1 Å². The molecule has 1 aliphatic heterocycles. The van der Waals surface area contributed by atoms with Gasteiger partial charge in [0.25, 0.3) is 0 Å². The second-order valence-electron chi connectivity index (χ2n) is 7.21. The van der Waals surface area contributed by atoms with Crippen molar-refractivity contribution in [2.24, 2.45) is 0 Å². The molecule has 0 aliphatic carbocycles. The van der Waals surface area contributed by atoms with Gasteiger partial charge in [-0.05, 0) is 50.1 Å². The van der Waals surface area contributed by atoms with Crippen LogP contribution in [0.5, 0.6) is 5.75 Å². The molecule has 0 saturated carbocycles. The lowest BCUT2D eigenvalue weighted by molar-refractivity contribution is -0.123. The first kappa shape index (κ1) is 18.8. The van der Waals surface area contributed by atoms with Crippen LogP contribution in [0, 0.1) is 0 Å². The predicted molar refractivity (Wildman–Crippen MR) is 95.3 cm³/mol. The van der Waals surface area contributed by atoms with Gasteiger partial charge in [0, 0.05) is 33.3 Å². The highest BCUT2D eigenvalue weighted by atomic mass is 16.6. The predicted octanol–water partition coefficient (Wildman–Crippen LogP) is 2.96. The van der Waals surface area contributed by atoms with Crippen LogP contribution in [-0.4, -0.2) is 48.1 Å². The molecular weight excluding hydrogens is 320 g/mol. The number of carbonyl (C=O) groups excluding carboxylic acids is 2. The number of amides is 2. The van der Waals surface area contributed by atoms with Crippen molar-refractivity contribution in [1.29, 1.82) is 0 Å². The van der Waals surface area contributed by atoms with Gasteiger partial charge in [0.1, 0.15) is 18.0 Å². The molecule has 0 spiro atoms. The summed E-state index contributed by atoms with van der Waals surface area (Å²) < 4.78 is 11.1. The summed E-state index contributed by atoms with van der Waals surface area (Å²) in [5.41, 5.74) is 1.64. The summed E-state index contributed by atoms with van der Waals surface area (Å²) in [5, 5.41) is 0. The summed E-state index contributed by atoms with van der Waals surface area (Å²) in [4.78, 5) is 26.8. The monoisotopic (exact) mass is 346 g/mol. The fourth-order valence-corrected chi connectivity index (χ4v) is 2.36. The summed E-state index contributed by atoms with van der Waals surface area (Å²) in [5.74, 6) is 0.636. The third-order valence-corrected chi connectivity index (χ3v) is 3.60. The van der Waals surface area contributed by atoms with E-state index in [4.69, 9.17) is 9.47 Å². The van der Waals surface area contributed by atoms with Crippen molar-refractivity contribution >= 4 is 12.0 Å². The Morgan fingerprint density at radius 1 is 1.20 bits per heavy atom. The van der Waals surface area contributed by atoms with Crippen LogP contribution in [0.4, 0.5) is 4.79 Å². The minimum Gasteiger partial charge on any atom is -0.490 e. The van der Waals surface area contributed by atoms with Crippen LogP contribution in [0.2, 0.25) is 0 Å². The zero-order chi connectivity index (χ0) is 18.6. The van der Waals surface area contributed by atoms with E-state index < -0.39 is 5.60 Å². The first-order valence-electron chi connectivity index (χ1n) is 8.26.